The molecule has 3 nitrogen and oxygen atoms in total. The number of nitrogens with two attached hydrogens (primary N) is 1. The molecule has 0 amide bonds. The van der Waals surface area contributed by atoms with E-state index in [1.807, 2.05) is 6.92 Å². The van der Waals surface area contributed by atoms with Gasteiger partial charge in [-0.2, -0.15) is 0 Å². The maximum absolute atomic E-state index is 5.18. The first-order valence-corrected chi connectivity index (χ1v) is 2.86. The van der Waals surface area contributed by atoms with Crippen LogP contribution in [0.5, 0.6) is 0 Å². The Morgan fingerprint density at radius 2 is 2.30 bits per heavy atom. The minimum absolute atomic E-state index is 0.376. The SMILES string of the molecule is C=C(N=C/C(C)=C\N)OC. The van der Waals surface area contributed by atoms with Crippen LogP contribution in [0.25, 0.3) is 0 Å². The van der Waals surface area contributed by atoms with Crippen molar-refractivity contribution in [1.29, 1.82) is 0 Å². The van der Waals surface area contributed by atoms with Crippen LogP contribution < -0.4 is 5.73 Å². The predicted molar refractivity (Wildman–Crippen MR) is 42.6 cm³/mol. The zero-order chi connectivity index (χ0) is 7.98. The van der Waals surface area contributed by atoms with Crippen molar-refractivity contribution in [3.8, 4) is 0 Å². The number of ether oxygens (including phenoxy) is 1. The van der Waals surface area contributed by atoms with Crippen LogP contribution >= 0.6 is 0 Å². The minimum Gasteiger partial charge on any atom is -0.481 e. The highest BCUT2D eigenvalue weighted by molar-refractivity contribution is 5.78. The highest BCUT2D eigenvalue weighted by atomic mass is 16.5. The lowest BCUT2D eigenvalue weighted by molar-refractivity contribution is 0.291. The van der Waals surface area contributed by atoms with Crippen molar-refractivity contribution >= 4 is 6.21 Å². The van der Waals surface area contributed by atoms with Crippen molar-refractivity contribution in [2.75, 3.05) is 7.11 Å². The van der Waals surface area contributed by atoms with Gasteiger partial charge in [0.2, 0.25) is 5.88 Å². The second-order valence-electron chi connectivity index (χ2n) is 1.77. The van der Waals surface area contributed by atoms with Gasteiger partial charge in [-0.3, -0.25) is 0 Å². The zero-order valence-corrected chi connectivity index (χ0v) is 6.29. The molecule has 0 saturated carbocycles. The fourth-order valence-corrected chi connectivity index (χ4v) is 0.270. The van der Waals surface area contributed by atoms with E-state index in [0.29, 0.717) is 5.88 Å². The summed E-state index contributed by atoms with van der Waals surface area (Å²) < 4.78 is 4.68. The van der Waals surface area contributed by atoms with Gasteiger partial charge in [0.05, 0.1) is 7.11 Å². The Labute approximate surface area is 60.9 Å². The number of hydrogen-bond donors (Lipinski definition) is 1. The van der Waals surface area contributed by atoms with E-state index in [-0.39, 0.29) is 0 Å². The summed E-state index contributed by atoms with van der Waals surface area (Å²) in [5.74, 6) is 0.376. The van der Waals surface area contributed by atoms with Crippen LogP contribution in [0.2, 0.25) is 0 Å². The molecule has 2 N–H and O–H groups in total. The quantitative estimate of drug-likeness (QED) is 0.470. The molecule has 3 heteroatoms. The molecule has 0 aliphatic rings. The van der Waals surface area contributed by atoms with Crippen molar-refractivity contribution in [2.24, 2.45) is 10.7 Å². The molecule has 0 heterocycles. The topological polar surface area (TPSA) is 47.6 Å². The smallest absolute Gasteiger partial charge is 0.205 e. The molecule has 0 saturated heterocycles. The number of hydrogen-bond acceptors (Lipinski definition) is 3. The second kappa shape index (κ2) is 4.61. The van der Waals surface area contributed by atoms with Gasteiger partial charge in [-0.25, -0.2) is 4.99 Å². The molecule has 0 radical (unpaired) electrons. The Bertz CT molecular complexity index is 170. The highest BCUT2D eigenvalue weighted by Crippen LogP contribution is 1.92. The van der Waals surface area contributed by atoms with Gasteiger partial charge in [0.1, 0.15) is 0 Å². The third-order valence-corrected chi connectivity index (χ3v) is 0.911. The van der Waals surface area contributed by atoms with Gasteiger partial charge in [-0.15, -0.1) is 0 Å². The molecule has 0 aromatic carbocycles. The summed E-state index contributed by atoms with van der Waals surface area (Å²) in [5, 5.41) is 0. The maximum Gasteiger partial charge on any atom is 0.205 e. The van der Waals surface area contributed by atoms with Crippen LogP contribution in [-0.2, 0) is 4.74 Å². The summed E-state index contributed by atoms with van der Waals surface area (Å²) in [5.41, 5.74) is 6.05. The Hall–Kier alpha value is -1.25. The summed E-state index contributed by atoms with van der Waals surface area (Å²) in [6, 6.07) is 0. The van der Waals surface area contributed by atoms with Gasteiger partial charge in [0, 0.05) is 6.21 Å². The lowest BCUT2D eigenvalue weighted by Crippen LogP contribution is -1.86. The van der Waals surface area contributed by atoms with E-state index in [4.69, 9.17) is 5.73 Å². The molecule has 0 rings (SSSR count). The van der Waals surface area contributed by atoms with E-state index < -0.39 is 0 Å². The lowest BCUT2D eigenvalue weighted by atomic mass is 10.4. The third-order valence-electron chi connectivity index (χ3n) is 0.911. The molecule has 0 aromatic rings. The Morgan fingerprint density at radius 3 is 2.70 bits per heavy atom. The van der Waals surface area contributed by atoms with Crippen molar-refractivity contribution < 1.29 is 4.74 Å². The van der Waals surface area contributed by atoms with E-state index in [1.54, 1.807) is 6.21 Å². The van der Waals surface area contributed by atoms with E-state index in [9.17, 15) is 0 Å². The minimum atomic E-state index is 0.376. The molecular weight excluding hydrogens is 128 g/mol. The normalized spacial score (nSPS) is 12.0. The first-order valence-electron chi connectivity index (χ1n) is 2.86. The molecule has 0 aliphatic carbocycles. The standard InChI is InChI=1S/C7H12N2O/c1-6(4-8)5-9-7(2)10-3/h4-5H,2,8H2,1,3H3/b6-4-,9-5?. The predicted octanol–water partition coefficient (Wildman–Crippen LogP) is 1.04. The first-order chi connectivity index (χ1) is 4.70. The van der Waals surface area contributed by atoms with Gasteiger partial charge in [0.25, 0.3) is 0 Å². The molecule has 56 valence electrons. The molecular formula is C7H12N2O. The number of methoxy groups -OCH3 is 1. The molecule has 0 fully saturated rings. The summed E-state index contributed by atoms with van der Waals surface area (Å²) in [7, 11) is 1.52. The average molecular weight is 140 g/mol. The molecule has 0 atom stereocenters. The van der Waals surface area contributed by atoms with Gasteiger partial charge >= 0.3 is 0 Å². The first kappa shape index (κ1) is 8.75. The van der Waals surface area contributed by atoms with Crippen LogP contribution in [0.4, 0.5) is 0 Å². The third kappa shape index (κ3) is 3.72. The Kier molecular flexibility index (Phi) is 4.04. The molecule has 0 aromatic heterocycles. The van der Waals surface area contributed by atoms with E-state index >= 15 is 0 Å². The highest BCUT2D eigenvalue weighted by Gasteiger charge is 1.82. The zero-order valence-electron chi connectivity index (χ0n) is 6.29. The fourth-order valence-electron chi connectivity index (χ4n) is 0.270. The molecule has 0 spiro atoms. The summed E-state index contributed by atoms with van der Waals surface area (Å²) in [6.45, 7) is 5.33. The Morgan fingerprint density at radius 1 is 1.70 bits per heavy atom. The summed E-state index contributed by atoms with van der Waals surface area (Å²) >= 11 is 0. The van der Waals surface area contributed by atoms with Crippen molar-refractivity contribution in [2.45, 2.75) is 6.92 Å². The Balaban J connectivity index is 3.88. The van der Waals surface area contributed by atoms with E-state index in [1.165, 1.54) is 13.3 Å². The van der Waals surface area contributed by atoms with Crippen LogP contribution in [0.1, 0.15) is 6.92 Å². The van der Waals surface area contributed by atoms with Crippen LogP contribution in [0.3, 0.4) is 0 Å². The van der Waals surface area contributed by atoms with E-state index in [2.05, 4.69) is 16.3 Å². The fraction of sp³-hybridized carbons (Fsp3) is 0.286. The van der Waals surface area contributed by atoms with Crippen LogP contribution in [0.15, 0.2) is 29.2 Å². The van der Waals surface area contributed by atoms with E-state index in [0.717, 1.165) is 5.57 Å². The molecule has 10 heavy (non-hydrogen) atoms. The van der Waals surface area contributed by atoms with Crippen molar-refractivity contribution in [1.82, 2.24) is 0 Å². The average Bonchev–Trinajstić information content (AvgIpc) is 1.99. The second-order valence-corrected chi connectivity index (χ2v) is 1.77. The molecule has 0 aliphatic heterocycles. The van der Waals surface area contributed by atoms with Gasteiger partial charge in [-0.05, 0) is 25.3 Å². The number of rotatable bonds is 3. The molecule has 0 bridgehead atoms. The van der Waals surface area contributed by atoms with Crippen molar-refractivity contribution in [3.63, 3.8) is 0 Å². The monoisotopic (exact) mass is 140 g/mol. The number of nitrogens with zero attached hydrogens (tertiary/aromatic N) is 1. The largest absolute Gasteiger partial charge is 0.481 e. The number of aliphatic imine (C=N–C) groups is 1. The molecule has 0 unspecified atom stereocenters. The van der Waals surface area contributed by atoms with Crippen LogP contribution in [0, 0.1) is 0 Å². The van der Waals surface area contributed by atoms with Crippen molar-refractivity contribution in [3.05, 3.63) is 24.2 Å². The van der Waals surface area contributed by atoms with Gasteiger partial charge in [0.15, 0.2) is 0 Å². The summed E-state index contributed by atoms with van der Waals surface area (Å²) in [4.78, 5) is 3.82. The van der Waals surface area contributed by atoms with Gasteiger partial charge in [-0.1, -0.05) is 0 Å². The lowest BCUT2D eigenvalue weighted by Gasteiger charge is -1.93. The van der Waals surface area contributed by atoms with Gasteiger partial charge < -0.3 is 10.5 Å². The number of allylic oxidation sites excluding steroid dienone is 1. The summed E-state index contributed by atoms with van der Waals surface area (Å²) in [6.07, 6.45) is 3.05. The maximum atomic E-state index is 5.18. The van der Waals surface area contributed by atoms with Crippen LogP contribution in [-0.4, -0.2) is 13.3 Å².